The Kier molecular flexibility index (Phi) is 3.36. The first-order valence-corrected chi connectivity index (χ1v) is 8.67. The number of benzene rings is 1. The van der Waals surface area contributed by atoms with Crippen molar-refractivity contribution in [3.8, 4) is 0 Å². The molecule has 2 aromatic rings. The van der Waals surface area contributed by atoms with E-state index in [4.69, 9.17) is 0 Å². The Hall–Kier alpha value is -2.02. The highest BCUT2D eigenvalue weighted by Gasteiger charge is 2.30. The Bertz CT molecular complexity index is 753. The smallest absolute Gasteiger partial charge is 0.182 e. The van der Waals surface area contributed by atoms with Crippen LogP contribution in [-0.4, -0.2) is 38.0 Å². The van der Waals surface area contributed by atoms with Gasteiger partial charge in [0.2, 0.25) is 0 Å². The Morgan fingerprint density at radius 1 is 1.33 bits per heavy atom. The number of rotatable bonds is 3. The van der Waals surface area contributed by atoms with Crippen LogP contribution >= 0.6 is 0 Å². The third kappa shape index (κ3) is 2.49. The molecule has 0 radical (unpaired) electrons. The fourth-order valence-corrected chi connectivity index (χ4v) is 3.73. The first-order chi connectivity index (χ1) is 10.0. The van der Waals surface area contributed by atoms with Gasteiger partial charge in [-0.15, -0.1) is 0 Å². The van der Waals surface area contributed by atoms with Gasteiger partial charge in [0.05, 0.1) is 6.54 Å². The minimum absolute atomic E-state index is 0.247. The summed E-state index contributed by atoms with van der Waals surface area (Å²) in [7, 11) is -1.66. The van der Waals surface area contributed by atoms with Crippen molar-refractivity contribution in [3.05, 3.63) is 35.9 Å². The molecule has 1 atom stereocenters. The average Bonchev–Trinajstić information content (AvgIpc) is 2.85. The fourth-order valence-electron chi connectivity index (χ4n) is 2.71. The van der Waals surface area contributed by atoms with Crippen LogP contribution < -0.4 is 10.6 Å². The topological polar surface area (TPSA) is 76.0 Å². The maximum absolute atomic E-state index is 12.0. The van der Waals surface area contributed by atoms with Gasteiger partial charge in [-0.25, -0.2) is 13.1 Å². The molecule has 2 N–H and O–H groups in total. The minimum atomic E-state index is -3.33. The van der Waals surface area contributed by atoms with E-state index < -0.39 is 9.84 Å². The van der Waals surface area contributed by atoms with E-state index in [1.165, 1.54) is 11.8 Å². The molecule has 112 valence electrons. The lowest BCUT2D eigenvalue weighted by molar-refractivity contribution is 0.505. The predicted molar refractivity (Wildman–Crippen MR) is 82.6 cm³/mol. The number of fused-ring (bicyclic) bond motifs is 1. The molecule has 21 heavy (non-hydrogen) atoms. The van der Waals surface area contributed by atoms with Crippen LogP contribution in [0.5, 0.6) is 0 Å². The molecule has 0 saturated heterocycles. The van der Waals surface area contributed by atoms with Crippen molar-refractivity contribution in [2.45, 2.75) is 17.4 Å². The van der Waals surface area contributed by atoms with Crippen LogP contribution in [0, 0.1) is 0 Å². The van der Waals surface area contributed by atoms with Gasteiger partial charge in [-0.05, 0) is 5.56 Å². The maximum atomic E-state index is 12.0. The summed E-state index contributed by atoms with van der Waals surface area (Å²) in [6, 6.07) is 10.2. The van der Waals surface area contributed by atoms with Crippen LogP contribution in [0.15, 0.2) is 35.2 Å². The normalized spacial score (nSPS) is 17.9. The Morgan fingerprint density at radius 3 is 2.67 bits per heavy atom. The molecule has 3 rings (SSSR count). The van der Waals surface area contributed by atoms with E-state index >= 15 is 0 Å². The van der Waals surface area contributed by atoms with Crippen LogP contribution in [0.4, 0.5) is 11.6 Å². The van der Waals surface area contributed by atoms with Gasteiger partial charge in [0.25, 0.3) is 0 Å². The number of nitrogens with one attached hydrogen (secondary N) is 2. The van der Waals surface area contributed by atoms with Gasteiger partial charge in [-0.2, -0.15) is 5.10 Å². The predicted octanol–water partition coefficient (Wildman–Crippen LogP) is 1.54. The average molecular weight is 306 g/mol. The Balaban J connectivity index is 2.00. The number of nitrogens with zero attached hydrogens (tertiary/aromatic N) is 2. The lowest BCUT2D eigenvalue weighted by Crippen LogP contribution is -2.27. The number of sulfone groups is 1. The van der Waals surface area contributed by atoms with Gasteiger partial charge in [-0.3, -0.25) is 0 Å². The number of anilines is 2. The van der Waals surface area contributed by atoms with Crippen molar-refractivity contribution in [2.24, 2.45) is 0 Å². The molecule has 1 unspecified atom stereocenters. The lowest BCUT2D eigenvalue weighted by atomic mass is 9.98. The van der Waals surface area contributed by atoms with E-state index in [1.807, 2.05) is 18.2 Å². The van der Waals surface area contributed by atoms with E-state index in [1.54, 1.807) is 11.7 Å². The first-order valence-electron chi connectivity index (χ1n) is 6.78. The Labute approximate surface area is 124 Å². The third-order valence-corrected chi connectivity index (χ3v) is 4.83. The minimum Gasteiger partial charge on any atom is -0.371 e. The molecule has 6 nitrogen and oxygen atoms in total. The van der Waals surface area contributed by atoms with E-state index in [2.05, 4.69) is 27.9 Å². The van der Waals surface area contributed by atoms with E-state index in [0.717, 1.165) is 0 Å². The summed E-state index contributed by atoms with van der Waals surface area (Å²) < 4.78 is 25.7. The molecule has 0 fully saturated rings. The highest BCUT2D eigenvalue weighted by Crippen LogP contribution is 2.34. The van der Waals surface area contributed by atoms with Crippen molar-refractivity contribution in [3.63, 3.8) is 0 Å². The fraction of sp³-hybridized carbons (Fsp3) is 0.357. The molecule has 0 saturated carbocycles. The van der Waals surface area contributed by atoms with E-state index in [9.17, 15) is 8.42 Å². The second-order valence-electron chi connectivity index (χ2n) is 5.22. The van der Waals surface area contributed by atoms with Gasteiger partial charge < -0.3 is 10.6 Å². The molecule has 1 aliphatic rings. The summed E-state index contributed by atoms with van der Waals surface area (Å²) in [6.07, 6.45) is 1.21. The monoisotopic (exact) mass is 306 g/mol. The van der Waals surface area contributed by atoms with Gasteiger partial charge >= 0.3 is 0 Å². The molecule has 1 aromatic carbocycles. The Morgan fingerprint density at radius 2 is 2.05 bits per heavy atom. The molecule has 2 heterocycles. The molecule has 0 aliphatic carbocycles. The molecule has 1 aliphatic heterocycles. The van der Waals surface area contributed by atoms with E-state index in [0.29, 0.717) is 24.7 Å². The second kappa shape index (κ2) is 5.07. The van der Waals surface area contributed by atoms with Crippen LogP contribution in [0.2, 0.25) is 0 Å². The third-order valence-electron chi connectivity index (χ3n) is 3.70. The largest absolute Gasteiger partial charge is 0.371 e. The molecular formula is C14H18N4O2S. The molecule has 0 spiro atoms. The SMILES string of the molecule is CNc1nn2c(c1S(C)(=O)=O)NCC(c1ccccc1)C2. The van der Waals surface area contributed by atoms with E-state index in [-0.39, 0.29) is 10.8 Å². The van der Waals surface area contributed by atoms with Crippen LogP contribution in [0.25, 0.3) is 0 Å². The summed E-state index contributed by atoms with van der Waals surface area (Å²) in [5.74, 6) is 1.25. The van der Waals surface area contributed by atoms with Crippen molar-refractivity contribution < 1.29 is 8.42 Å². The zero-order valence-electron chi connectivity index (χ0n) is 12.0. The summed E-state index contributed by atoms with van der Waals surface area (Å²) in [5.41, 5.74) is 1.22. The first kappa shape index (κ1) is 13.9. The lowest BCUT2D eigenvalue weighted by Gasteiger charge is -2.25. The van der Waals surface area contributed by atoms with Gasteiger partial charge in [-0.1, -0.05) is 30.3 Å². The zero-order valence-corrected chi connectivity index (χ0v) is 12.8. The van der Waals surface area contributed by atoms with Gasteiger partial charge in [0, 0.05) is 25.8 Å². The molecule has 0 amide bonds. The van der Waals surface area contributed by atoms with Crippen LogP contribution in [0.1, 0.15) is 11.5 Å². The number of aromatic nitrogens is 2. The zero-order chi connectivity index (χ0) is 15.0. The number of hydrogen-bond donors (Lipinski definition) is 2. The van der Waals surface area contributed by atoms with Crippen molar-refractivity contribution >= 4 is 21.5 Å². The molecule has 7 heteroatoms. The van der Waals surface area contributed by atoms with Crippen LogP contribution in [0.3, 0.4) is 0 Å². The summed E-state index contributed by atoms with van der Waals surface area (Å²) in [5, 5.41) is 10.5. The molecule has 0 bridgehead atoms. The summed E-state index contributed by atoms with van der Waals surface area (Å²) >= 11 is 0. The van der Waals surface area contributed by atoms with Gasteiger partial charge in [0.15, 0.2) is 20.6 Å². The summed E-state index contributed by atoms with van der Waals surface area (Å²) in [6.45, 7) is 1.36. The molecule has 1 aromatic heterocycles. The van der Waals surface area contributed by atoms with Crippen LogP contribution in [-0.2, 0) is 16.4 Å². The molecular weight excluding hydrogens is 288 g/mol. The standard InChI is InChI=1S/C14H18N4O2S/c1-15-13-12(21(2,19)20)14-16-8-11(9-18(14)17-13)10-6-4-3-5-7-10/h3-7,11,16H,8-9H2,1-2H3,(H,15,17). The van der Waals surface area contributed by atoms with Gasteiger partial charge in [0.1, 0.15) is 5.82 Å². The number of hydrogen-bond acceptors (Lipinski definition) is 5. The van der Waals surface area contributed by atoms with Crippen molar-refractivity contribution in [1.29, 1.82) is 0 Å². The second-order valence-corrected chi connectivity index (χ2v) is 7.17. The van der Waals surface area contributed by atoms with Crippen molar-refractivity contribution in [1.82, 2.24) is 9.78 Å². The van der Waals surface area contributed by atoms with Crippen molar-refractivity contribution in [2.75, 3.05) is 30.5 Å². The maximum Gasteiger partial charge on any atom is 0.182 e. The summed E-state index contributed by atoms with van der Waals surface area (Å²) in [4.78, 5) is 0.247. The highest BCUT2D eigenvalue weighted by atomic mass is 32.2. The quantitative estimate of drug-likeness (QED) is 0.899. The highest BCUT2D eigenvalue weighted by molar-refractivity contribution is 7.91.